The predicted molar refractivity (Wildman–Crippen MR) is 203 cm³/mol. The van der Waals surface area contributed by atoms with Crippen molar-refractivity contribution in [1.82, 2.24) is 5.32 Å². The Morgan fingerprint density at radius 2 is 1.24 bits per heavy atom. The average molecular weight is 696 g/mol. The second-order valence-electron chi connectivity index (χ2n) is 13.7. The Kier molecular flexibility index (Phi) is 13.1. The minimum absolute atomic E-state index is 0.00313. The van der Waals surface area contributed by atoms with E-state index in [-0.39, 0.29) is 35.8 Å². The van der Waals surface area contributed by atoms with Crippen LogP contribution in [0.5, 0.6) is 0 Å². The zero-order valence-electron chi connectivity index (χ0n) is 30.5. The summed E-state index contributed by atoms with van der Waals surface area (Å²) in [5.41, 5.74) is 5.49. The maximum atomic E-state index is 12.6. The SMILES string of the molecule is CCC(=O)N1c2ccccc2[C@H](Nc2ccc(NC(=O)CCCCCCCNC(=O)O[C@@H]3C[C@H](C)N(C(=O)CC)c4ccccc43)cc2)C[C@@H]1C. The fourth-order valence-corrected chi connectivity index (χ4v) is 7.30. The van der Waals surface area contributed by atoms with Gasteiger partial charge < -0.3 is 30.5 Å². The van der Waals surface area contributed by atoms with Crippen molar-refractivity contribution < 1.29 is 23.9 Å². The number of anilines is 4. The van der Waals surface area contributed by atoms with Gasteiger partial charge in [0.15, 0.2) is 0 Å². The molecule has 0 saturated heterocycles. The largest absolute Gasteiger partial charge is 0.441 e. The summed E-state index contributed by atoms with van der Waals surface area (Å²) in [5, 5.41) is 9.51. The summed E-state index contributed by atoms with van der Waals surface area (Å²) >= 11 is 0. The van der Waals surface area contributed by atoms with Crippen LogP contribution in [0, 0.1) is 0 Å². The minimum atomic E-state index is -0.442. The van der Waals surface area contributed by atoms with Gasteiger partial charge in [0, 0.05) is 66.9 Å². The quantitative estimate of drug-likeness (QED) is 0.145. The Morgan fingerprint density at radius 3 is 1.90 bits per heavy atom. The molecule has 0 spiro atoms. The highest BCUT2D eigenvalue weighted by molar-refractivity contribution is 5.96. The molecule has 0 radical (unpaired) electrons. The Morgan fingerprint density at radius 1 is 0.686 bits per heavy atom. The van der Waals surface area contributed by atoms with Crippen LogP contribution in [0.4, 0.5) is 27.5 Å². The second kappa shape index (κ2) is 17.9. The normalized spacial score (nSPS) is 19.4. The highest BCUT2D eigenvalue weighted by Gasteiger charge is 2.35. The van der Waals surface area contributed by atoms with Gasteiger partial charge in [-0.2, -0.15) is 0 Å². The van der Waals surface area contributed by atoms with Crippen molar-refractivity contribution in [1.29, 1.82) is 0 Å². The third-order valence-corrected chi connectivity index (χ3v) is 9.88. The number of benzene rings is 3. The molecule has 10 nitrogen and oxygen atoms in total. The third-order valence-electron chi connectivity index (χ3n) is 9.88. The highest BCUT2D eigenvalue weighted by Crippen LogP contribution is 2.40. The van der Waals surface area contributed by atoms with E-state index in [1.54, 1.807) is 0 Å². The Hall–Kier alpha value is -4.86. The zero-order chi connectivity index (χ0) is 36.3. The lowest BCUT2D eigenvalue weighted by Gasteiger charge is -2.40. The van der Waals surface area contributed by atoms with Gasteiger partial charge in [-0.05, 0) is 75.1 Å². The van der Waals surface area contributed by atoms with E-state index in [2.05, 4.69) is 28.9 Å². The molecule has 4 atom stereocenters. The van der Waals surface area contributed by atoms with E-state index in [0.29, 0.717) is 32.2 Å². The minimum Gasteiger partial charge on any atom is -0.441 e. The summed E-state index contributed by atoms with van der Waals surface area (Å²) in [4.78, 5) is 54.1. The Labute approximate surface area is 302 Å². The highest BCUT2D eigenvalue weighted by atomic mass is 16.6. The van der Waals surface area contributed by atoms with Gasteiger partial charge in [-0.1, -0.05) is 69.5 Å². The number of fused-ring (bicyclic) bond motifs is 2. The van der Waals surface area contributed by atoms with Crippen LogP contribution in [-0.4, -0.2) is 42.4 Å². The van der Waals surface area contributed by atoms with E-state index in [1.165, 1.54) is 0 Å². The lowest BCUT2D eigenvalue weighted by Crippen LogP contribution is -2.44. The summed E-state index contributed by atoms with van der Waals surface area (Å²) in [5.74, 6) is 0.198. The second-order valence-corrected chi connectivity index (χ2v) is 13.7. The molecule has 0 unspecified atom stereocenters. The van der Waals surface area contributed by atoms with E-state index >= 15 is 0 Å². The molecule has 4 amide bonds. The van der Waals surface area contributed by atoms with E-state index in [0.717, 1.165) is 72.4 Å². The first-order valence-corrected chi connectivity index (χ1v) is 18.6. The molecule has 0 aliphatic carbocycles. The van der Waals surface area contributed by atoms with Gasteiger partial charge in [-0.15, -0.1) is 0 Å². The van der Waals surface area contributed by atoms with E-state index < -0.39 is 12.2 Å². The molecule has 51 heavy (non-hydrogen) atoms. The monoisotopic (exact) mass is 695 g/mol. The molecule has 0 saturated carbocycles. The lowest BCUT2D eigenvalue weighted by molar-refractivity contribution is -0.119. The summed E-state index contributed by atoms with van der Waals surface area (Å²) in [7, 11) is 0. The number of alkyl carbamates (subject to hydrolysis) is 1. The molecule has 10 heteroatoms. The first-order valence-electron chi connectivity index (χ1n) is 18.6. The Balaban J connectivity index is 0.965. The van der Waals surface area contributed by atoms with Crippen molar-refractivity contribution in [3.63, 3.8) is 0 Å². The average Bonchev–Trinajstić information content (AvgIpc) is 3.13. The molecule has 3 aromatic carbocycles. The van der Waals surface area contributed by atoms with Crippen LogP contribution in [0.15, 0.2) is 72.8 Å². The van der Waals surface area contributed by atoms with Gasteiger partial charge in [0.2, 0.25) is 17.7 Å². The van der Waals surface area contributed by atoms with Crippen molar-refractivity contribution in [2.24, 2.45) is 0 Å². The maximum Gasteiger partial charge on any atom is 0.407 e. The number of rotatable bonds is 14. The number of hydrogen-bond donors (Lipinski definition) is 3. The van der Waals surface area contributed by atoms with Crippen molar-refractivity contribution in [2.75, 3.05) is 27.0 Å². The van der Waals surface area contributed by atoms with Crippen LogP contribution >= 0.6 is 0 Å². The number of ether oxygens (including phenoxy) is 1. The number of para-hydroxylation sites is 2. The summed E-state index contributed by atoms with van der Waals surface area (Å²) < 4.78 is 5.79. The van der Waals surface area contributed by atoms with Gasteiger partial charge in [0.25, 0.3) is 0 Å². The molecular weight excluding hydrogens is 642 g/mol. The topological polar surface area (TPSA) is 120 Å². The molecule has 2 aliphatic heterocycles. The number of nitrogens with zero attached hydrogens (tertiary/aromatic N) is 2. The zero-order valence-corrected chi connectivity index (χ0v) is 30.5. The predicted octanol–water partition coefficient (Wildman–Crippen LogP) is 8.66. The van der Waals surface area contributed by atoms with E-state index in [9.17, 15) is 19.2 Å². The molecule has 3 aromatic rings. The van der Waals surface area contributed by atoms with Crippen molar-refractivity contribution >= 4 is 46.6 Å². The van der Waals surface area contributed by atoms with Gasteiger partial charge in [-0.25, -0.2) is 4.79 Å². The molecular formula is C41H53N5O5. The molecule has 2 aliphatic rings. The molecule has 3 N–H and O–H groups in total. The summed E-state index contributed by atoms with van der Waals surface area (Å²) in [6.45, 7) is 8.37. The number of nitrogens with one attached hydrogen (secondary N) is 3. The molecule has 0 bridgehead atoms. The number of hydrogen-bond acceptors (Lipinski definition) is 6. The van der Waals surface area contributed by atoms with Crippen LogP contribution in [0.25, 0.3) is 0 Å². The van der Waals surface area contributed by atoms with Crippen molar-refractivity contribution in [2.45, 2.75) is 116 Å². The maximum absolute atomic E-state index is 12.6. The van der Waals surface area contributed by atoms with Crippen LogP contribution < -0.4 is 25.8 Å². The van der Waals surface area contributed by atoms with E-state index in [1.807, 2.05) is 97.3 Å². The molecule has 0 aromatic heterocycles. The van der Waals surface area contributed by atoms with Crippen molar-refractivity contribution in [3.8, 4) is 0 Å². The van der Waals surface area contributed by atoms with Crippen LogP contribution in [0.2, 0.25) is 0 Å². The molecule has 0 fully saturated rings. The Bertz CT molecular complexity index is 1660. The first kappa shape index (κ1) is 37.4. The summed E-state index contributed by atoms with van der Waals surface area (Å²) in [6, 6.07) is 23.6. The molecule has 2 heterocycles. The standard InChI is InChI=1S/C41H53N5O5/c1-5-39(48)45-28(3)26-34(32-16-11-13-18-35(32)45)43-30-21-23-31(24-22-30)44-38(47)20-10-8-7-9-15-25-42-41(50)51-37-27-29(4)46(40(49)6-2)36-19-14-12-17-33(36)37/h11-14,16-19,21-24,28-29,34,37,43H,5-10,15,20,25-27H2,1-4H3,(H,42,50)(H,44,47)/t28-,29-,34+,37+/m0/s1. The van der Waals surface area contributed by atoms with Gasteiger partial charge in [0.1, 0.15) is 6.10 Å². The van der Waals surface area contributed by atoms with Crippen molar-refractivity contribution in [3.05, 3.63) is 83.9 Å². The number of carbonyl (C=O) groups is 4. The fourth-order valence-electron chi connectivity index (χ4n) is 7.30. The van der Waals surface area contributed by atoms with Gasteiger partial charge >= 0.3 is 6.09 Å². The summed E-state index contributed by atoms with van der Waals surface area (Å²) in [6.07, 6.45) is 6.38. The molecule has 5 rings (SSSR count). The van der Waals surface area contributed by atoms with Crippen LogP contribution in [-0.2, 0) is 19.1 Å². The third kappa shape index (κ3) is 9.48. The number of amides is 4. The first-order chi connectivity index (χ1) is 24.7. The fraction of sp³-hybridized carbons (Fsp3) is 0.463. The molecule has 272 valence electrons. The smallest absolute Gasteiger partial charge is 0.407 e. The number of unbranched alkanes of at least 4 members (excludes halogenated alkanes) is 4. The lowest BCUT2D eigenvalue weighted by atomic mass is 9.91. The number of carbonyl (C=O) groups excluding carboxylic acids is 4. The van der Waals surface area contributed by atoms with Crippen LogP contribution in [0.1, 0.15) is 115 Å². The van der Waals surface area contributed by atoms with Gasteiger partial charge in [-0.3, -0.25) is 14.4 Å². The van der Waals surface area contributed by atoms with Crippen LogP contribution in [0.3, 0.4) is 0 Å². The van der Waals surface area contributed by atoms with Gasteiger partial charge in [0.05, 0.1) is 11.7 Å². The van der Waals surface area contributed by atoms with E-state index in [4.69, 9.17) is 4.74 Å².